The molecule has 4 rings (SSSR count). The first-order valence-corrected chi connectivity index (χ1v) is 16.5. The van der Waals surface area contributed by atoms with Crippen LogP contribution in [0.15, 0.2) is 91.5 Å². The Morgan fingerprint density at radius 3 is 2.07 bits per heavy atom. The molecule has 0 aliphatic rings. The number of carbonyl (C=O) groups is 2. The van der Waals surface area contributed by atoms with Gasteiger partial charge in [0.1, 0.15) is 5.75 Å². The van der Waals surface area contributed by atoms with E-state index in [2.05, 4.69) is 20.4 Å². The summed E-state index contributed by atoms with van der Waals surface area (Å²) in [5, 5.41) is 11.1. The summed E-state index contributed by atoms with van der Waals surface area (Å²) in [6.07, 6.45) is 13.5. The summed E-state index contributed by atoms with van der Waals surface area (Å²) in [6.45, 7) is 8.75. The zero-order chi connectivity index (χ0) is 32.7. The van der Waals surface area contributed by atoms with Crippen LogP contribution in [-0.2, 0) is 11.3 Å². The second-order valence-electron chi connectivity index (χ2n) is 12.0. The summed E-state index contributed by atoms with van der Waals surface area (Å²) >= 11 is 0. The van der Waals surface area contributed by atoms with E-state index in [1.54, 1.807) is 36.4 Å². The fraction of sp³-hybridized carbons (Fsp3) is 0.350. The maximum absolute atomic E-state index is 12.8. The Labute approximate surface area is 272 Å². The molecule has 0 radical (unpaired) electrons. The molecule has 4 aromatic rings. The fourth-order valence-corrected chi connectivity index (χ4v) is 5.42. The van der Waals surface area contributed by atoms with Gasteiger partial charge in [0.2, 0.25) is 0 Å². The number of unbranched alkanes of at least 4 members (excludes halogenated alkanes) is 7. The lowest BCUT2D eigenvalue weighted by Crippen LogP contribution is -2.09. The Balaban J connectivity index is 1.28. The average Bonchev–Trinajstić information content (AvgIpc) is 3.08. The normalized spacial score (nSPS) is 11.6. The van der Waals surface area contributed by atoms with Gasteiger partial charge in [-0.05, 0) is 108 Å². The average molecular weight is 623 g/mol. The minimum Gasteiger partial charge on any atom is -0.494 e. The van der Waals surface area contributed by atoms with E-state index in [4.69, 9.17) is 14.5 Å². The first-order valence-electron chi connectivity index (χ1n) is 16.5. The molecular weight excluding hydrogens is 576 g/mol. The molecule has 0 aliphatic carbocycles. The number of hydrogen-bond donors (Lipinski definition) is 1. The highest BCUT2D eigenvalue weighted by atomic mass is 17.2. The molecule has 0 amide bonds. The lowest BCUT2D eigenvalue weighted by atomic mass is 9.93. The van der Waals surface area contributed by atoms with E-state index in [0.29, 0.717) is 17.2 Å². The molecular formula is C40H46O6. The maximum atomic E-state index is 12.8. The number of carboxylic acids is 1. The van der Waals surface area contributed by atoms with Crippen LogP contribution in [0, 0.1) is 5.92 Å². The van der Waals surface area contributed by atoms with Gasteiger partial charge in [0.15, 0.2) is 5.75 Å². The second kappa shape index (κ2) is 17.8. The smallest absolute Gasteiger partial charge is 0.386 e. The second-order valence-corrected chi connectivity index (χ2v) is 12.0. The van der Waals surface area contributed by atoms with E-state index in [1.807, 2.05) is 48.5 Å². The van der Waals surface area contributed by atoms with Crippen LogP contribution in [0.1, 0.15) is 97.9 Å². The van der Waals surface area contributed by atoms with Crippen LogP contribution in [0.2, 0.25) is 0 Å². The largest absolute Gasteiger partial charge is 0.494 e. The molecule has 0 aliphatic heterocycles. The van der Waals surface area contributed by atoms with E-state index in [-0.39, 0.29) is 5.56 Å². The highest BCUT2D eigenvalue weighted by molar-refractivity contribution is 5.96. The predicted molar refractivity (Wildman–Crippen MR) is 185 cm³/mol. The van der Waals surface area contributed by atoms with Gasteiger partial charge in [-0.3, -0.25) is 4.89 Å². The van der Waals surface area contributed by atoms with Crippen molar-refractivity contribution in [2.24, 2.45) is 5.92 Å². The maximum Gasteiger partial charge on any atom is 0.386 e. The minimum atomic E-state index is -0.972. The highest BCUT2D eigenvalue weighted by Crippen LogP contribution is 2.30. The summed E-state index contributed by atoms with van der Waals surface area (Å²) in [7, 11) is 0. The lowest BCUT2D eigenvalue weighted by molar-refractivity contribution is -0.149. The van der Waals surface area contributed by atoms with Gasteiger partial charge < -0.3 is 9.84 Å². The van der Waals surface area contributed by atoms with Crippen LogP contribution < -0.4 is 9.62 Å². The third kappa shape index (κ3) is 10.2. The van der Waals surface area contributed by atoms with Gasteiger partial charge in [-0.2, -0.15) is 0 Å². The van der Waals surface area contributed by atoms with E-state index in [0.717, 1.165) is 65.5 Å². The number of carbonyl (C=O) groups excluding carboxylic acids is 1. The van der Waals surface area contributed by atoms with E-state index in [1.165, 1.54) is 38.5 Å². The Kier molecular flexibility index (Phi) is 13.3. The summed E-state index contributed by atoms with van der Waals surface area (Å²) in [6, 6.07) is 23.7. The van der Waals surface area contributed by atoms with E-state index in [9.17, 15) is 14.7 Å². The van der Waals surface area contributed by atoms with Gasteiger partial charge in [0, 0.05) is 0 Å². The molecule has 1 atom stereocenters. The summed E-state index contributed by atoms with van der Waals surface area (Å²) in [4.78, 5) is 35.0. The van der Waals surface area contributed by atoms with Crippen LogP contribution in [0.25, 0.3) is 21.9 Å². The van der Waals surface area contributed by atoms with E-state index >= 15 is 0 Å². The van der Waals surface area contributed by atoms with Gasteiger partial charge in [-0.15, -0.1) is 6.58 Å². The molecule has 0 bridgehead atoms. The number of allylic oxidation sites excluding steroid dienone is 1. The van der Waals surface area contributed by atoms with Crippen molar-refractivity contribution in [3.63, 3.8) is 0 Å². The van der Waals surface area contributed by atoms with Gasteiger partial charge >= 0.3 is 11.9 Å². The number of fused-ring (bicyclic) bond motifs is 1. The summed E-state index contributed by atoms with van der Waals surface area (Å²) < 4.78 is 5.93. The van der Waals surface area contributed by atoms with Gasteiger partial charge in [-0.1, -0.05) is 88.8 Å². The molecule has 0 fully saturated rings. The minimum absolute atomic E-state index is 0.230. The van der Waals surface area contributed by atoms with Crippen molar-refractivity contribution in [3.05, 3.63) is 108 Å². The molecule has 0 aromatic heterocycles. The summed E-state index contributed by atoms with van der Waals surface area (Å²) in [5.41, 5.74) is 3.54. The number of hydrogen-bond acceptors (Lipinski definition) is 5. The Morgan fingerprint density at radius 1 is 0.783 bits per heavy atom. The Morgan fingerprint density at radius 2 is 1.41 bits per heavy atom. The van der Waals surface area contributed by atoms with Crippen molar-refractivity contribution in [1.82, 2.24) is 0 Å². The number of ether oxygens (including phenoxy) is 1. The van der Waals surface area contributed by atoms with Crippen LogP contribution in [0.3, 0.4) is 0 Å². The summed E-state index contributed by atoms with van der Waals surface area (Å²) in [5.74, 6) is 0.0530. The highest BCUT2D eigenvalue weighted by Gasteiger charge is 2.15. The topological polar surface area (TPSA) is 82.1 Å². The van der Waals surface area contributed by atoms with Crippen LogP contribution in [0.4, 0.5) is 0 Å². The third-order valence-electron chi connectivity index (χ3n) is 8.37. The van der Waals surface area contributed by atoms with E-state index < -0.39 is 11.9 Å². The molecule has 242 valence electrons. The molecule has 0 heterocycles. The van der Waals surface area contributed by atoms with Crippen LogP contribution >= 0.6 is 0 Å². The quantitative estimate of drug-likeness (QED) is 0.0485. The molecule has 1 N–H and O–H groups in total. The zero-order valence-corrected chi connectivity index (χ0v) is 27.1. The molecule has 1 unspecified atom stereocenters. The van der Waals surface area contributed by atoms with Crippen molar-refractivity contribution in [2.45, 2.75) is 78.1 Å². The van der Waals surface area contributed by atoms with Crippen molar-refractivity contribution in [1.29, 1.82) is 0 Å². The van der Waals surface area contributed by atoms with Crippen molar-refractivity contribution in [3.8, 4) is 22.6 Å². The van der Waals surface area contributed by atoms with Crippen molar-refractivity contribution >= 4 is 22.7 Å². The van der Waals surface area contributed by atoms with Gasteiger partial charge in [0.25, 0.3) is 0 Å². The molecule has 6 nitrogen and oxygen atoms in total. The van der Waals surface area contributed by atoms with Crippen LogP contribution in [-0.4, -0.2) is 23.7 Å². The zero-order valence-electron chi connectivity index (χ0n) is 27.1. The molecule has 0 saturated heterocycles. The molecule has 46 heavy (non-hydrogen) atoms. The van der Waals surface area contributed by atoms with Crippen molar-refractivity contribution < 1.29 is 29.2 Å². The fourth-order valence-electron chi connectivity index (χ4n) is 5.42. The van der Waals surface area contributed by atoms with Gasteiger partial charge in [0.05, 0.1) is 17.7 Å². The number of aromatic carboxylic acids is 1. The lowest BCUT2D eigenvalue weighted by Gasteiger charge is -2.14. The molecule has 0 saturated carbocycles. The third-order valence-corrected chi connectivity index (χ3v) is 8.37. The first-order chi connectivity index (χ1) is 22.4. The number of rotatable bonds is 19. The SMILES string of the molecule is C=CCCCCCCCCCOc1ccc(-c2ccc(C(=O)OOc3cc(CC(C)CC)c4cc(C(=O)O)ccc4c3)cc2)cc1. The standard InChI is InChI=1S/C40H46O6/c1-4-6-7-8-9-10-11-12-13-24-44-36-22-20-31(21-23-36)30-14-16-32(17-15-30)40(43)46-45-37-26-33-18-19-34(39(41)42)28-38(33)35(27-37)25-29(3)5-2/h4,14-23,26-29H,1,5-13,24-25H2,2-3H3,(H,41,42). The Hall–Kier alpha value is -4.58. The number of benzene rings is 4. The van der Waals surface area contributed by atoms with Crippen LogP contribution in [0.5, 0.6) is 11.5 Å². The molecule has 6 heteroatoms. The van der Waals surface area contributed by atoms with Gasteiger partial charge in [-0.25, -0.2) is 14.5 Å². The predicted octanol–water partition coefficient (Wildman–Crippen LogP) is 10.6. The Bertz CT molecular complexity index is 1570. The van der Waals surface area contributed by atoms with Crippen molar-refractivity contribution in [2.75, 3.05) is 6.61 Å². The number of carboxylic acid groups (broad SMARTS) is 1. The molecule has 4 aromatic carbocycles. The molecule has 0 spiro atoms. The first kappa shape index (κ1) is 34.3. The monoisotopic (exact) mass is 622 g/mol.